The molecule has 11 nitrogen and oxygen atoms in total. The van der Waals surface area contributed by atoms with Gasteiger partial charge in [0.1, 0.15) is 18.2 Å². The summed E-state index contributed by atoms with van der Waals surface area (Å²) >= 11 is 0. The fourth-order valence-electron chi connectivity index (χ4n) is 5.20. The SMILES string of the molecule is CCCC(C)OC(=O)Oc1ccc(C(C(C)COC(=O)C2CCCCC2)[C@H](N)C(=O)O)cc1OC(=O)OC(C)CCC. The zero-order valence-electron chi connectivity index (χ0n) is 25.5. The molecule has 42 heavy (non-hydrogen) atoms. The van der Waals surface area contributed by atoms with E-state index in [0.29, 0.717) is 18.4 Å². The van der Waals surface area contributed by atoms with Crippen LogP contribution in [0.5, 0.6) is 11.5 Å². The molecule has 11 heteroatoms. The Kier molecular flexibility index (Phi) is 14.6. The quantitative estimate of drug-likeness (QED) is 0.132. The average Bonchev–Trinajstić information content (AvgIpc) is 2.93. The van der Waals surface area contributed by atoms with Crippen LogP contribution in [-0.2, 0) is 23.8 Å². The summed E-state index contributed by atoms with van der Waals surface area (Å²) in [4.78, 5) is 49.7. The van der Waals surface area contributed by atoms with Crippen molar-refractivity contribution in [3.05, 3.63) is 23.8 Å². The van der Waals surface area contributed by atoms with Crippen molar-refractivity contribution in [3.8, 4) is 11.5 Å². The van der Waals surface area contributed by atoms with Crippen LogP contribution in [0, 0.1) is 11.8 Å². The molecule has 0 bridgehead atoms. The van der Waals surface area contributed by atoms with Gasteiger partial charge in [-0.3, -0.25) is 9.59 Å². The first-order valence-electron chi connectivity index (χ1n) is 15.0. The molecule has 236 valence electrons. The number of carbonyl (C=O) groups excluding carboxylic acids is 3. The number of carboxylic acids is 1. The molecule has 1 fully saturated rings. The number of benzene rings is 1. The van der Waals surface area contributed by atoms with Gasteiger partial charge in [0, 0.05) is 5.92 Å². The molecule has 0 amide bonds. The van der Waals surface area contributed by atoms with Gasteiger partial charge in [-0.2, -0.15) is 0 Å². The predicted molar refractivity (Wildman–Crippen MR) is 154 cm³/mol. The van der Waals surface area contributed by atoms with Gasteiger partial charge in [-0.05, 0) is 63.1 Å². The Balaban J connectivity index is 2.34. The highest BCUT2D eigenvalue weighted by Gasteiger charge is 2.33. The van der Waals surface area contributed by atoms with Crippen molar-refractivity contribution in [3.63, 3.8) is 0 Å². The minimum Gasteiger partial charge on any atom is -0.480 e. The number of aliphatic carboxylic acids is 1. The molecule has 0 spiro atoms. The van der Waals surface area contributed by atoms with Crippen molar-refractivity contribution in [1.29, 1.82) is 0 Å². The minimum absolute atomic E-state index is 0.0480. The molecule has 2 rings (SSSR count). The second-order valence-electron chi connectivity index (χ2n) is 11.2. The van der Waals surface area contributed by atoms with E-state index in [1.54, 1.807) is 20.8 Å². The van der Waals surface area contributed by atoms with Gasteiger partial charge in [-0.15, -0.1) is 0 Å². The van der Waals surface area contributed by atoms with E-state index in [4.69, 9.17) is 29.4 Å². The maximum atomic E-state index is 12.6. The van der Waals surface area contributed by atoms with Gasteiger partial charge in [0.25, 0.3) is 0 Å². The number of nitrogens with two attached hydrogens (primary N) is 1. The Hall–Kier alpha value is -3.34. The highest BCUT2D eigenvalue weighted by molar-refractivity contribution is 5.75. The Labute approximate surface area is 248 Å². The normalized spacial score (nSPS) is 17.2. The minimum atomic E-state index is -1.37. The Morgan fingerprint density at radius 1 is 0.881 bits per heavy atom. The van der Waals surface area contributed by atoms with Gasteiger partial charge >= 0.3 is 24.2 Å². The number of ether oxygens (including phenoxy) is 5. The van der Waals surface area contributed by atoms with Crippen molar-refractivity contribution in [2.45, 2.75) is 117 Å². The third kappa shape index (κ3) is 11.2. The topological polar surface area (TPSA) is 161 Å². The van der Waals surface area contributed by atoms with Gasteiger partial charge in [0.2, 0.25) is 0 Å². The molecule has 0 radical (unpaired) electrons. The average molecular weight is 594 g/mol. The van der Waals surface area contributed by atoms with E-state index < -0.39 is 42.3 Å². The highest BCUT2D eigenvalue weighted by atomic mass is 16.7. The molecule has 5 atom stereocenters. The number of hydrogen-bond donors (Lipinski definition) is 2. The van der Waals surface area contributed by atoms with Crippen LogP contribution in [-0.4, -0.2) is 54.2 Å². The standard InChI is InChI=1S/C31H47NO10/c1-6-11-20(4)39-30(36)41-24-16-15-23(17-25(24)42-31(37)40-21(5)12-7-2)26(27(32)28(33)34)19(3)18-38-29(35)22-13-9-8-10-14-22/h15-17,19-22,26-27H,6-14,18,32H2,1-5H3,(H,33,34)/t19?,20?,21?,26?,27-/m0/s1. The van der Waals surface area contributed by atoms with Crippen LogP contribution in [0.1, 0.15) is 104 Å². The molecule has 0 saturated heterocycles. The highest BCUT2D eigenvalue weighted by Crippen LogP contribution is 2.36. The largest absolute Gasteiger partial charge is 0.514 e. The Bertz CT molecular complexity index is 1040. The van der Waals surface area contributed by atoms with E-state index >= 15 is 0 Å². The van der Waals surface area contributed by atoms with Crippen LogP contribution in [0.3, 0.4) is 0 Å². The number of esters is 1. The first-order chi connectivity index (χ1) is 20.0. The Morgan fingerprint density at radius 2 is 1.43 bits per heavy atom. The first kappa shape index (κ1) is 34.9. The molecular weight excluding hydrogens is 546 g/mol. The molecule has 3 N–H and O–H groups in total. The molecule has 1 aliphatic rings. The van der Waals surface area contributed by atoms with Gasteiger partial charge in [0.15, 0.2) is 11.5 Å². The van der Waals surface area contributed by atoms with E-state index in [0.717, 1.165) is 44.9 Å². The van der Waals surface area contributed by atoms with Crippen LogP contribution < -0.4 is 15.2 Å². The van der Waals surface area contributed by atoms with Gasteiger partial charge in [-0.1, -0.05) is 58.9 Å². The van der Waals surface area contributed by atoms with Crippen LogP contribution in [0.15, 0.2) is 18.2 Å². The summed E-state index contributed by atoms with van der Waals surface area (Å²) in [5.74, 6) is -3.35. The molecule has 1 aliphatic carbocycles. The zero-order chi connectivity index (χ0) is 31.2. The summed E-state index contributed by atoms with van der Waals surface area (Å²) in [5, 5.41) is 9.79. The third-order valence-corrected chi connectivity index (χ3v) is 7.44. The monoisotopic (exact) mass is 593 g/mol. The maximum absolute atomic E-state index is 12.6. The fourth-order valence-corrected chi connectivity index (χ4v) is 5.20. The van der Waals surface area contributed by atoms with E-state index in [1.165, 1.54) is 18.2 Å². The number of hydrogen-bond acceptors (Lipinski definition) is 10. The van der Waals surface area contributed by atoms with E-state index in [-0.39, 0.29) is 36.1 Å². The summed E-state index contributed by atoms with van der Waals surface area (Å²) < 4.78 is 26.9. The lowest BCUT2D eigenvalue weighted by Crippen LogP contribution is -2.41. The first-order valence-corrected chi connectivity index (χ1v) is 15.0. The van der Waals surface area contributed by atoms with Crippen molar-refractivity contribution in [1.82, 2.24) is 0 Å². The summed E-state index contributed by atoms with van der Waals surface area (Å²) in [6, 6.07) is 2.92. The molecule has 4 unspecified atom stereocenters. The van der Waals surface area contributed by atoms with Crippen LogP contribution in [0.25, 0.3) is 0 Å². The molecular formula is C31H47NO10. The predicted octanol–water partition coefficient (Wildman–Crippen LogP) is 6.35. The van der Waals surface area contributed by atoms with Crippen LogP contribution in [0.4, 0.5) is 9.59 Å². The lowest BCUT2D eigenvalue weighted by atomic mass is 9.82. The van der Waals surface area contributed by atoms with Crippen molar-refractivity contribution in [2.24, 2.45) is 17.6 Å². The van der Waals surface area contributed by atoms with Crippen LogP contribution in [0.2, 0.25) is 0 Å². The third-order valence-electron chi connectivity index (χ3n) is 7.44. The number of carbonyl (C=O) groups is 4. The zero-order valence-corrected chi connectivity index (χ0v) is 25.5. The van der Waals surface area contributed by atoms with E-state index in [2.05, 4.69) is 0 Å². The molecule has 1 aromatic rings. The van der Waals surface area contributed by atoms with Gasteiger partial charge in [0.05, 0.1) is 12.5 Å². The van der Waals surface area contributed by atoms with Gasteiger partial charge < -0.3 is 34.5 Å². The smallest absolute Gasteiger partial charge is 0.480 e. The van der Waals surface area contributed by atoms with Crippen molar-refractivity contribution >= 4 is 24.2 Å². The lowest BCUT2D eigenvalue weighted by Gasteiger charge is -2.29. The van der Waals surface area contributed by atoms with Crippen LogP contribution >= 0.6 is 0 Å². The molecule has 1 saturated carbocycles. The van der Waals surface area contributed by atoms with Crippen molar-refractivity contribution < 1.29 is 48.0 Å². The second kappa shape index (κ2) is 17.6. The van der Waals surface area contributed by atoms with E-state index in [9.17, 15) is 24.3 Å². The maximum Gasteiger partial charge on any atom is 0.514 e. The number of rotatable bonds is 15. The summed E-state index contributed by atoms with van der Waals surface area (Å²) in [7, 11) is 0. The molecule has 0 aliphatic heterocycles. The van der Waals surface area contributed by atoms with Crippen molar-refractivity contribution in [2.75, 3.05) is 6.61 Å². The summed E-state index contributed by atoms with van der Waals surface area (Å²) in [5.41, 5.74) is 6.50. The molecule has 0 aromatic heterocycles. The molecule has 1 aromatic carbocycles. The molecule has 0 heterocycles. The summed E-state index contributed by atoms with van der Waals surface area (Å²) in [6.45, 7) is 9.05. The van der Waals surface area contributed by atoms with E-state index in [1.807, 2.05) is 13.8 Å². The fraction of sp³-hybridized carbons (Fsp3) is 0.677. The summed E-state index contributed by atoms with van der Waals surface area (Å²) in [6.07, 6.45) is 4.65. The second-order valence-corrected chi connectivity index (χ2v) is 11.2. The number of carboxylic acid groups (broad SMARTS) is 1. The lowest BCUT2D eigenvalue weighted by molar-refractivity contribution is -0.151. The Morgan fingerprint density at radius 3 is 1.95 bits per heavy atom. The van der Waals surface area contributed by atoms with Gasteiger partial charge in [-0.25, -0.2) is 9.59 Å².